The van der Waals surface area contributed by atoms with Crippen LogP contribution >= 0.6 is 11.6 Å². The van der Waals surface area contributed by atoms with E-state index < -0.39 is 17.6 Å². The van der Waals surface area contributed by atoms with Gasteiger partial charge in [-0.15, -0.1) is 0 Å². The number of nitrogens with two attached hydrogens (primary N) is 1. The molecule has 0 atom stereocenters. The fourth-order valence-corrected chi connectivity index (χ4v) is 3.19. The zero-order valence-corrected chi connectivity index (χ0v) is 15.3. The number of carbonyl (C=O) groups is 2. The summed E-state index contributed by atoms with van der Waals surface area (Å²) in [6.45, 7) is 1.47. The average molecular weight is 413 g/mol. The fraction of sp³-hybridized carbons (Fsp3) is 0.278. The maximum Gasteiger partial charge on any atom is 0.417 e. The molecule has 1 saturated heterocycles. The highest BCUT2D eigenvalue weighted by molar-refractivity contribution is 6.33. The van der Waals surface area contributed by atoms with Gasteiger partial charge in [0.2, 0.25) is 5.91 Å². The van der Waals surface area contributed by atoms with Gasteiger partial charge in [-0.05, 0) is 30.3 Å². The second-order valence-corrected chi connectivity index (χ2v) is 6.66. The molecule has 0 unspecified atom stereocenters. The SMILES string of the molecule is NC(=O)c1ccc(C(=O)N2CCN(c3ncc(C(F)(F)F)cc3Cl)CC2)cc1. The number of hydrogen-bond acceptors (Lipinski definition) is 4. The number of amides is 2. The van der Waals surface area contributed by atoms with Crippen molar-refractivity contribution in [1.29, 1.82) is 0 Å². The highest BCUT2D eigenvalue weighted by Gasteiger charge is 2.32. The third-order valence-corrected chi connectivity index (χ3v) is 4.71. The minimum atomic E-state index is -4.51. The third kappa shape index (κ3) is 4.19. The van der Waals surface area contributed by atoms with Gasteiger partial charge in [0.1, 0.15) is 5.82 Å². The van der Waals surface area contributed by atoms with E-state index >= 15 is 0 Å². The van der Waals surface area contributed by atoms with Gasteiger partial charge < -0.3 is 15.5 Å². The number of alkyl halides is 3. The summed E-state index contributed by atoms with van der Waals surface area (Å²) >= 11 is 5.98. The van der Waals surface area contributed by atoms with E-state index in [9.17, 15) is 22.8 Å². The zero-order valence-electron chi connectivity index (χ0n) is 14.5. The van der Waals surface area contributed by atoms with Gasteiger partial charge in [0.05, 0.1) is 10.6 Å². The normalized spacial score (nSPS) is 14.9. The quantitative estimate of drug-likeness (QED) is 0.840. The number of aromatic nitrogens is 1. The number of pyridine rings is 1. The third-order valence-electron chi connectivity index (χ3n) is 4.43. The van der Waals surface area contributed by atoms with E-state index in [4.69, 9.17) is 17.3 Å². The molecule has 0 spiro atoms. The molecule has 0 bridgehead atoms. The van der Waals surface area contributed by atoms with Crippen molar-refractivity contribution in [3.63, 3.8) is 0 Å². The molecule has 2 heterocycles. The summed E-state index contributed by atoms with van der Waals surface area (Å²) in [6.07, 6.45) is -3.76. The number of piperazine rings is 1. The van der Waals surface area contributed by atoms with Crippen molar-refractivity contribution < 1.29 is 22.8 Å². The van der Waals surface area contributed by atoms with Gasteiger partial charge in [-0.1, -0.05) is 11.6 Å². The van der Waals surface area contributed by atoms with E-state index in [1.54, 1.807) is 9.80 Å². The molecule has 2 N–H and O–H groups in total. The lowest BCUT2D eigenvalue weighted by Gasteiger charge is -2.35. The summed E-state index contributed by atoms with van der Waals surface area (Å²) in [4.78, 5) is 30.9. The van der Waals surface area contributed by atoms with Crippen LogP contribution in [0.4, 0.5) is 19.0 Å². The highest BCUT2D eigenvalue weighted by Crippen LogP contribution is 2.33. The molecule has 1 aromatic heterocycles. The first kappa shape index (κ1) is 19.9. The Hall–Kier alpha value is -2.81. The predicted octanol–water partition coefficient (Wildman–Crippen LogP) is 2.82. The number of carbonyl (C=O) groups excluding carboxylic acids is 2. The topological polar surface area (TPSA) is 79.5 Å². The van der Waals surface area contributed by atoms with E-state index in [0.29, 0.717) is 37.3 Å². The Balaban J connectivity index is 1.66. The Labute approximate surface area is 163 Å². The highest BCUT2D eigenvalue weighted by atomic mass is 35.5. The maximum absolute atomic E-state index is 12.7. The first-order chi connectivity index (χ1) is 13.2. The number of hydrogen-bond donors (Lipinski definition) is 1. The van der Waals surface area contributed by atoms with Crippen LogP contribution in [0.15, 0.2) is 36.5 Å². The molecule has 1 aliphatic rings. The minimum absolute atomic E-state index is 0.0864. The smallest absolute Gasteiger partial charge is 0.366 e. The Morgan fingerprint density at radius 3 is 2.11 bits per heavy atom. The minimum Gasteiger partial charge on any atom is -0.366 e. The van der Waals surface area contributed by atoms with Crippen molar-refractivity contribution in [1.82, 2.24) is 9.88 Å². The molecular formula is C18H16ClF3N4O2. The van der Waals surface area contributed by atoms with Gasteiger partial charge in [0.25, 0.3) is 5.91 Å². The number of nitrogens with zero attached hydrogens (tertiary/aromatic N) is 3. The molecule has 0 aliphatic carbocycles. The van der Waals surface area contributed by atoms with Crippen LogP contribution in [0.2, 0.25) is 5.02 Å². The van der Waals surface area contributed by atoms with Crippen LogP contribution in [0.3, 0.4) is 0 Å². The number of anilines is 1. The number of primary amides is 1. The van der Waals surface area contributed by atoms with E-state index in [0.717, 1.165) is 12.3 Å². The van der Waals surface area contributed by atoms with Crippen LogP contribution in [-0.4, -0.2) is 47.9 Å². The lowest BCUT2D eigenvalue weighted by atomic mass is 10.1. The second-order valence-electron chi connectivity index (χ2n) is 6.25. The van der Waals surface area contributed by atoms with Crippen molar-refractivity contribution in [3.8, 4) is 0 Å². The molecule has 0 radical (unpaired) electrons. The molecule has 6 nitrogen and oxygen atoms in total. The zero-order chi connectivity index (χ0) is 20.5. The van der Waals surface area contributed by atoms with E-state index in [-0.39, 0.29) is 16.7 Å². The molecule has 28 heavy (non-hydrogen) atoms. The Kier molecular flexibility index (Phi) is 5.46. The van der Waals surface area contributed by atoms with Gasteiger partial charge in [-0.3, -0.25) is 9.59 Å². The Morgan fingerprint density at radius 1 is 1.04 bits per heavy atom. The van der Waals surface area contributed by atoms with Crippen molar-refractivity contribution in [2.75, 3.05) is 31.1 Å². The summed E-state index contributed by atoms with van der Waals surface area (Å²) in [5.74, 6) is -0.525. The first-order valence-electron chi connectivity index (χ1n) is 8.33. The van der Waals surface area contributed by atoms with E-state index in [2.05, 4.69) is 4.98 Å². The van der Waals surface area contributed by atoms with E-state index in [1.807, 2.05) is 0 Å². The van der Waals surface area contributed by atoms with Crippen LogP contribution in [0.25, 0.3) is 0 Å². The summed E-state index contributed by atoms with van der Waals surface area (Å²) in [5.41, 5.74) is 5.00. The number of rotatable bonds is 3. The van der Waals surface area contributed by atoms with Crippen LogP contribution < -0.4 is 10.6 Å². The molecule has 0 saturated carbocycles. The predicted molar refractivity (Wildman–Crippen MR) is 97.3 cm³/mol. The standard InChI is InChI=1S/C18H16ClF3N4O2/c19-14-9-13(18(20,21)22)10-24-16(14)25-5-7-26(8-6-25)17(28)12-3-1-11(2-4-12)15(23)27/h1-4,9-10H,5-8H2,(H2,23,27). The molecule has 1 aromatic carbocycles. The molecule has 10 heteroatoms. The summed E-state index contributed by atoms with van der Waals surface area (Å²) < 4.78 is 38.2. The van der Waals surface area contributed by atoms with Crippen LogP contribution in [0.1, 0.15) is 26.3 Å². The van der Waals surface area contributed by atoms with Gasteiger partial charge in [0, 0.05) is 43.5 Å². The molecule has 148 valence electrons. The molecule has 2 amide bonds. The maximum atomic E-state index is 12.7. The van der Waals surface area contributed by atoms with Crippen LogP contribution in [-0.2, 0) is 6.18 Å². The number of halogens is 4. The van der Waals surface area contributed by atoms with Gasteiger partial charge >= 0.3 is 6.18 Å². The number of benzene rings is 1. The monoisotopic (exact) mass is 412 g/mol. The first-order valence-corrected chi connectivity index (χ1v) is 8.71. The molecule has 3 rings (SSSR count). The Bertz CT molecular complexity index is 895. The van der Waals surface area contributed by atoms with Crippen molar-refractivity contribution >= 4 is 29.2 Å². The largest absolute Gasteiger partial charge is 0.417 e. The molecule has 1 fully saturated rings. The molecular weight excluding hydrogens is 397 g/mol. The lowest BCUT2D eigenvalue weighted by Crippen LogP contribution is -2.49. The average Bonchev–Trinajstić information content (AvgIpc) is 2.67. The van der Waals surface area contributed by atoms with Crippen LogP contribution in [0, 0.1) is 0 Å². The molecule has 2 aromatic rings. The summed E-state index contributed by atoms with van der Waals surface area (Å²) in [5, 5.41) is -0.0864. The second kappa shape index (κ2) is 7.67. The van der Waals surface area contributed by atoms with Gasteiger partial charge in [-0.25, -0.2) is 4.98 Å². The van der Waals surface area contributed by atoms with Gasteiger partial charge in [0.15, 0.2) is 0 Å². The fourth-order valence-electron chi connectivity index (χ4n) is 2.90. The summed E-state index contributed by atoms with van der Waals surface area (Å²) in [6, 6.07) is 6.88. The van der Waals surface area contributed by atoms with Crippen molar-refractivity contribution in [2.45, 2.75) is 6.18 Å². The summed E-state index contributed by atoms with van der Waals surface area (Å²) in [7, 11) is 0. The van der Waals surface area contributed by atoms with Crippen LogP contribution in [0.5, 0.6) is 0 Å². The van der Waals surface area contributed by atoms with E-state index in [1.165, 1.54) is 24.3 Å². The molecule has 1 aliphatic heterocycles. The lowest BCUT2D eigenvalue weighted by molar-refractivity contribution is -0.137. The van der Waals surface area contributed by atoms with Crippen molar-refractivity contribution in [2.24, 2.45) is 5.73 Å². The van der Waals surface area contributed by atoms with Gasteiger partial charge in [-0.2, -0.15) is 13.2 Å². The Morgan fingerprint density at radius 2 is 1.61 bits per heavy atom. The van der Waals surface area contributed by atoms with Crippen molar-refractivity contribution in [3.05, 3.63) is 58.2 Å².